The molecule has 0 fully saturated rings. The van der Waals surface area contributed by atoms with Gasteiger partial charge < -0.3 is 0 Å². The average Bonchev–Trinajstić information content (AvgIpc) is 0.747. The summed E-state index contributed by atoms with van der Waals surface area (Å²) in [4.78, 5) is 27.7. The highest BCUT2D eigenvalue weighted by molar-refractivity contribution is 6.31. The summed E-state index contributed by atoms with van der Waals surface area (Å²) in [5, 5.41) is 44.0. The summed E-state index contributed by atoms with van der Waals surface area (Å²) in [6.07, 6.45) is 11.3. The maximum absolute atomic E-state index is 4.93. The Kier molecular flexibility index (Phi) is 16.9. The van der Waals surface area contributed by atoms with Crippen molar-refractivity contribution in [3.63, 3.8) is 0 Å². The Morgan fingerprint density at radius 1 is 0.151 bits per heavy atom. The van der Waals surface area contributed by atoms with Crippen LogP contribution < -0.4 is 0 Å². The van der Waals surface area contributed by atoms with Crippen molar-refractivity contribution in [2.45, 2.75) is 0 Å². The predicted octanol–water partition coefficient (Wildman–Crippen LogP) is 32.2. The lowest BCUT2D eigenvalue weighted by Crippen LogP contribution is -1.91. The summed E-state index contributed by atoms with van der Waals surface area (Å²) < 4.78 is 0. The van der Waals surface area contributed by atoms with E-state index in [0.717, 1.165) is 44.2 Å². The van der Waals surface area contributed by atoms with Gasteiger partial charge >= 0.3 is 0 Å². The Hall–Kier alpha value is -16.8. The number of hydrogen-bond acceptors (Lipinski definition) is 6. The lowest BCUT2D eigenvalue weighted by atomic mass is 9.88. The molecule has 0 aliphatic heterocycles. The zero-order chi connectivity index (χ0) is 82.9. The minimum atomic E-state index is 0.953. The first-order valence-corrected chi connectivity index (χ1v) is 43.0. The van der Waals surface area contributed by atoms with Gasteiger partial charge in [-0.3, -0.25) is 24.9 Å². The Balaban J connectivity index is 0.0000000862. The molecule has 582 valence electrons. The van der Waals surface area contributed by atoms with E-state index in [1.165, 1.54) is 217 Å². The number of hydrogen-bond donors (Lipinski definition) is 0. The molecule has 0 atom stereocenters. The van der Waals surface area contributed by atoms with Crippen LogP contribution >= 0.6 is 0 Å². The highest BCUT2D eigenvalue weighted by Gasteiger charge is 2.21. The molecule has 6 aromatic heterocycles. The lowest BCUT2D eigenvalue weighted by molar-refractivity contribution is 1.33. The molecule has 0 unspecified atom stereocenters. The molecule has 0 saturated carbocycles. The summed E-state index contributed by atoms with van der Waals surface area (Å²) >= 11 is 0. The van der Waals surface area contributed by atoms with Gasteiger partial charge in [0, 0.05) is 81.0 Å². The SMILES string of the molecule is c1ccc(-c2ccc3ccc4cccc5ccc2c3c45)nc1.c1ccc2nc(-c3ccc4ccc5cccc6ccc3c4c56)ccc2c1.c1ccc2ncc(-c3ccc4ccc5cccc6ccc3c4c56)cc2c1.c1cnc2c(c1)cc(-c1ccc3ccc4cccc5ccc1c3c45)c1cccnc12.c1cncc(-c2ccc3ccc4cccc5ccc2c3c45)c1. The van der Waals surface area contributed by atoms with Gasteiger partial charge in [0.2, 0.25) is 0 Å². The second-order valence-electron chi connectivity index (χ2n) is 33.0. The summed E-state index contributed by atoms with van der Waals surface area (Å²) in [6.45, 7) is 0. The summed E-state index contributed by atoms with van der Waals surface area (Å²) in [5.74, 6) is 0. The van der Waals surface area contributed by atoms with E-state index < -0.39 is 0 Å². The Morgan fingerprint density at radius 2 is 0.500 bits per heavy atom. The average molecular weight is 1600 g/mol. The quantitative estimate of drug-likeness (QED) is 0.160. The molecule has 0 aliphatic carbocycles. The van der Waals surface area contributed by atoms with Crippen LogP contribution in [0, 0.1) is 0 Å². The van der Waals surface area contributed by atoms with Crippen molar-refractivity contribution in [2.24, 2.45) is 0 Å². The topological polar surface area (TPSA) is 77.3 Å². The van der Waals surface area contributed by atoms with Gasteiger partial charge in [-0.05, 0) is 245 Å². The zero-order valence-electron chi connectivity index (χ0n) is 68.3. The molecule has 6 nitrogen and oxygen atoms in total. The van der Waals surface area contributed by atoms with E-state index in [1.54, 1.807) is 0 Å². The van der Waals surface area contributed by atoms with Gasteiger partial charge in [-0.1, -0.05) is 340 Å². The largest absolute Gasteiger partial charge is 0.264 e. The van der Waals surface area contributed by atoms with Crippen LogP contribution in [0.4, 0.5) is 0 Å². The molecule has 0 radical (unpaired) electrons. The molecule has 29 rings (SSSR count). The first-order valence-electron chi connectivity index (χ1n) is 43.0. The van der Waals surface area contributed by atoms with Crippen LogP contribution in [-0.2, 0) is 0 Å². The fraction of sp³-hybridized carbons (Fsp3) is 0. The van der Waals surface area contributed by atoms with Gasteiger partial charge in [0.15, 0.2) is 0 Å². The fourth-order valence-corrected chi connectivity index (χ4v) is 20.3. The van der Waals surface area contributed by atoms with Crippen molar-refractivity contribution in [1.29, 1.82) is 0 Å². The van der Waals surface area contributed by atoms with E-state index >= 15 is 0 Å². The van der Waals surface area contributed by atoms with E-state index in [4.69, 9.17) is 9.97 Å². The van der Waals surface area contributed by atoms with Gasteiger partial charge in [-0.15, -0.1) is 0 Å². The maximum Gasteiger partial charge on any atom is 0.0970 e. The van der Waals surface area contributed by atoms with Crippen molar-refractivity contribution < 1.29 is 0 Å². The van der Waals surface area contributed by atoms with Gasteiger partial charge in [0.1, 0.15) is 0 Å². The molecule has 0 spiro atoms. The number of para-hydroxylation sites is 2. The molecular weight excluding hydrogens is 1530 g/mol. The summed E-state index contributed by atoms with van der Waals surface area (Å²) in [5.41, 5.74) is 15.7. The van der Waals surface area contributed by atoms with Crippen LogP contribution in [0.2, 0.25) is 0 Å². The van der Waals surface area contributed by atoms with Crippen LogP contribution in [-0.4, -0.2) is 29.9 Å². The van der Waals surface area contributed by atoms with Crippen LogP contribution in [0.25, 0.3) is 261 Å². The van der Waals surface area contributed by atoms with Gasteiger partial charge in [0.05, 0.1) is 33.5 Å². The minimum absolute atomic E-state index is 0.953. The fourth-order valence-electron chi connectivity index (χ4n) is 20.3. The van der Waals surface area contributed by atoms with Crippen LogP contribution in [0.5, 0.6) is 0 Å². The van der Waals surface area contributed by atoms with Crippen LogP contribution in [0.3, 0.4) is 0 Å². The highest BCUT2D eigenvalue weighted by atomic mass is 14.7. The first-order chi connectivity index (χ1) is 62.5. The van der Waals surface area contributed by atoms with Gasteiger partial charge in [-0.2, -0.15) is 0 Å². The number of pyridine rings is 6. The van der Waals surface area contributed by atoms with Crippen molar-refractivity contribution in [3.05, 3.63) is 438 Å². The highest BCUT2D eigenvalue weighted by Crippen LogP contribution is 2.47. The van der Waals surface area contributed by atoms with Crippen molar-refractivity contribution >= 4 is 205 Å². The monoisotopic (exact) mass is 1600 g/mol. The van der Waals surface area contributed by atoms with Crippen LogP contribution in [0.15, 0.2) is 438 Å². The molecule has 6 heterocycles. The number of aromatic nitrogens is 6. The Labute approximate surface area is 723 Å². The number of benzene rings is 23. The van der Waals surface area contributed by atoms with Gasteiger partial charge in [0.25, 0.3) is 0 Å². The van der Waals surface area contributed by atoms with E-state index in [2.05, 4.69) is 378 Å². The Morgan fingerprint density at radius 3 is 0.976 bits per heavy atom. The van der Waals surface area contributed by atoms with E-state index in [-0.39, 0.29) is 0 Å². The summed E-state index contributed by atoms with van der Waals surface area (Å²) in [6, 6.07) is 143. The predicted molar refractivity (Wildman–Crippen MR) is 535 cm³/mol. The number of rotatable bonds is 5. The molecule has 0 bridgehead atoms. The molecule has 0 aliphatic rings. The molecule has 23 aromatic carbocycles. The van der Waals surface area contributed by atoms with Crippen molar-refractivity contribution in [1.82, 2.24) is 29.9 Å². The lowest BCUT2D eigenvalue weighted by Gasteiger charge is -2.16. The minimum Gasteiger partial charge on any atom is -0.264 e. The third kappa shape index (κ3) is 11.9. The second-order valence-corrected chi connectivity index (χ2v) is 33.0. The third-order valence-electron chi connectivity index (χ3n) is 26.1. The standard InChI is InChI=1S/C28H16N2.2C25H15N.2C21H13N/c1-4-17-8-9-19-10-12-21(22-13-11-18(5-1)25(17)26(19)22)24-16-20-6-2-14-29-27(20)28-23(24)7-3-15-30-28;1-2-7-22-16(4-1)12-15-23(26-22)20-13-10-19-9-8-17-5-3-6-18-11-14-21(20)25(19)24(17)18;1-2-7-23-19(4-1)14-20(15-26-23)21-12-10-18-9-8-16-5-3-6-17-11-13-22(21)25(18)24(16)17;1-3-14-6-7-16-8-10-18(17-5-2-12-22-13-17)19-11-9-15(4-1)20(14)21(16)19;1-2-13-22-19(6-1)17-11-9-16-8-7-14-4-3-5-15-10-12-18(17)21(16)20(14)15/h1-16H;2*1-15H;2*1-13H. The van der Waals surface area contributed by atoms with Gasteiger partial charge in [-0.25, -0.2) is 4.98 Å². The van der Waals surface area contributed by atoms with Crippen molar-refractivity contribution in [2.75, 3.05) is 0 Å². The van der Waals surface area contributed by atoms with E-state index in [0.29, 0.717) is 0 Å². The van der Waals surface area contributed by atoms with Crippen LogP contribution in [0.1, 0.15) is 0 Å². The van der Waals surface area contributed by atoms with E-state index in [1.807, 2.05) is 79.6 Å². The molecule has 0 saturated heterocycles. The normalized spacial score (nSPS) is 11.8. The maximum atomic E-state index is 4.93. The molecular formula is C120H72N6. The van der Waals surface area contributed by atoms with E-state index in [9.17, 15) is 0 Å². The zero-order valence-corrected chi connectivity index (χ0v) is 68.3. The number of nitrogens with zero attached hydrogens (tertiary/aromatic N) is 6. The van der Waals surface area contributed by atoms with Crippen molar-refractivity contribution in [3.8, 4) is 55.9 Å². The molecule has 6 heteroatoms. The second kappa shape index (κ2) is 29.5. The smallest absolute Gasteiger partial charge is 0.0970 e. The Bertz CT molecular complexity index is 8830. The molecule has 126 heavy (non-hydrogen) atoms. The first kappa shape index (κ1) is 72.1. The molecule has 29 aromatic rings. The number of fused-ring (bicyclic) bond motifs is 5. The third-order valence-corrected chi connectivity index (χ3v) is 26.1. The molecule has 0 N–H and O–H groups in total. The molecule has 0 amide bonds. The summed E-state index contributed by atoms with van der Waals surface area (Å²) in [7, 11) is 0.